The average Bonchev–Trinajstić information content (AvgIpc) is 3.15. The lowest BCUT2D eigenvalue weighted by atomic mass is 9.75. The number of carbonyl (C=O) groups is 1. The number of fused-ring (bicyclic) bond motifs is 1. The molecule has 3 aromatic rings. The van der Waals surface area contributed by atoms with E-state index in [1.54, 1.807) is 4.68 Å². The van der Waals surface area contributed by atoms with E-state index < -0.39 is 0 Å². The van der Waals surface area contributed by atoms with E-state index in [0.29, 0.717) is 17.8 Å². The summed E-state index contributed by atoms with van der Waals surface area (Å²) in [4.78, 5) is 13.6. The molecule has 0 unspecified atom stereocenters. The van der Waals surface area contributed by atoms with Gasteiger partial charge in [0.25, 0.3) is 5.91 Å². The summed E-state index contributed by atoms with van der Waals surface area (Å²) in [6.07, 6.45) is 2.28. The van der Waals surface area contributed by atoms with E-state index in [9.17, 15) is 4.79 Å². The highest BCUT2D eigenvalue weighted by Gasteiger charge is 2.36. The van der Waals surface area contributed by atoms with Crippen LogP contribution in [0.5, 0.6) is 0 Å². The lowest BCUT2D eigenvalue weighted by Crippen LogP contribution is -2.20. The maximum atomic E-state index is 13.6. The number of hydrogen-bond acceptors (Lipinski definition) is 2. The molecule has 1 aromatic heterocycles. The second kappa shape index (κ2) is 7.98. The topological polar surface area (TPSA) is 34.9 Å². The Bertz CT molecular complexity index is 988. The van der Waals surface area contributed by atoms with E-state index in [0.717, 1.165) is 35.4 Å². The van der Waals surface area contributed by atoms with Crippen molar-refractivity contribution in [3.63, 3.8) is 0 Å². The van der Waals surface area contributed by atoms with Gasteiger partial charge in [0.1, 0.15) is 0 Å². The van der Waals surface area contributed by atoms with Crippen LogP contribution in [0, 0.1) is 5.92 Å². The van der Waals surface area contributed by atoms with E-state index in [1.165, 1.54) is 5.56 Å². The van der Waals surface area contributed by atoms with Crippen molar-refractivity contribution in [1.29, 1.82) is 0 Å². The molecule has 0 saturated heterocycles. The average molecular weight is 387 g/mol. The minimum absolute atomic E-state index is 0.0409. The Labute approximate surface area is 173 Å². The van der Waals surface area contributed by atoms with Gasteiger partial charge in [-0.05, 0) is 37.2 Å². The summed E-state index contributed by atoms with van der Waals surface area (Å²) in [6.45, 7) is 8.79. The van der Waals surface area contributed by atoms with Crippen molar-refractivity contribution in [3.05, 3.63) is 77.5 Å². The van der Waals surface area contributed by atoms with Crippen LogP contribution in [0.2, 0.25) is 0 Å². The molecule has 2 aromatic carbocycles. The summed E-state index contributed by atoms with van der Waals surface area (Å²) in [5, 5.41) is 4.99. The molecule has 0 aliphatic heterocycles. The molecule has 0 spiro atoms. The first-order valence-corrected chi connectivity index (χ1v) is 10.8. The van der Waals surface area contributed by atoms with Gasteiger partial charge >= 0.3 is 0 Å². The third-order valence-electron chi connectivity index (χ3n) is 6.44. The normalized spacial score (nSPS) is 19.8. The Kier molecular flexibility index (Phi) is 5.40. The van der Waals surface area contributed by atoms with Crippen molar-refractivity contribution in [2.45, 2.75) is 58.3 Å². The SMILES string of the molecule is CC(C)[C@H]1CC[C@@H](C)c2c1nn(C(=O)[C@H](C)c1ccccc1)c2-c1ccccc1. The van der Waals surface area contributed by atoms with Crippen LogP contribution in [0.25, 0.3) is 11.3 Å². The van der Waals surface area contributed by atoms with Crippen LogP contribution in [-0.2, 0) is 0 Å². The first kappa shape index (κ1) is 19.6. The van der Waals surface area contributed by atoms with Gasteiger partial charge < -0.3 is 0 Å². The van der Waals surface area contributed by atoms with Crippen LogP contribution >= 0.6 is 0 Å². The zero-order valence-electron chi connectivity index (χ0n) is 17.8. The van der Waals surface area contributed by atoms with E-state index in [4.69, 9.17) is 5.10 Å². The van der Waals surface area contributed by atoms with Crippen molar-refractivity contribution in [1.82, 2.24) is 9.78 Å². The zero-order valence-corrected chi connectivity index (χ0v) is 17.8. The number of carbonyl (C=O) groups excluding carboxylic acids is 1. The minimum atomic E-state index is -0.243. The molecule has 1 aliphatic carbocycles. The zero-order chi connectivity index (χ0) is 20.5. The first-order valence-electron chi connectivity index (χ1n) is 10.8. The molecule has 0 saturated carbocycles. The summed E-state index contributed by atoms with van der Waals surface area (Å²) in [7, 11) is 0. The van der Waals surface area contributed by atoms with Gasteiger partial charge in [-0.3, -0.25) is 4.79 Å². The predicted octanol–water partition coefficient (Wildman–Crippen LogP) is 6.63. The van der Waals surface area contributed by atoms with Crippen LogP contribution in [0.1, 0.15) is 79.9 Å². The molecule has 0 N–H and O–H groups in total. The maximum Gasteiger partial charge on any atom is 0.254 e. The lowest BCUT2D eigenvalue weighted by Gasteiger charge is -2.28. The Hall–Kier alpha value is -2.68. The second-order valence-electron chi connectivity index (χ2n) is 8.72. The molecule has 3 atom stereocenters. The fraction of sp³-hybridized carbons (Fsp3) is 0.385. The monoisotopic (exact) mass is 386 g/mol. The Morgan fingerprint density at radius 2 is 1.59 bits per heavy atom. The number of nitrogens with zero attached hydrogens (tertiary/aromatic N) is 2. The summed E-state index contributed by atoms with van der Waals surface area (Å²) in [6, 6.07) is 20.3. The van der Waals surface area contributed by atoms with Gasteiger partial charge in [-0.15, -0.1) is 0 Å². The van der Waals surface area contributed by atoms with Gasteiger partial charge in [0, 0.05) is 17.0 Å². The summed E-state index contributed by atoms with van der Waals surface area (Å²) in [5.74, 6) is 1.12. The van der Waals surface area contributed by atoms with Gasteiger partial charge in [-0.2, -0.15) is 9.78 Å². The largest absolute Gasteiger partial charge is 0.272 e. The number of aromatic nitrogens is 2. The van der Waals surface area contributed by atoms with Gasteiger partial charge in [-0.25, -0.2) is 0 Å². The summed E-state index contributed by atoms with van der Waals surface area (Å²) < 4.78 is 1.72. The van der Waals surface area contributed by atoms with Crippen LogP contribution in [0.15, 0.2) is 60.7 Å². The van der Waals surface area contributed by atoms with Gasteiger partial charge in [0.05, 0.1) is 17.3 Å². The molecule has 0 amide bonds. The van der Waals surface area contributed by atoms with E-state index in [2.05, 4.69) is 32.9 Å². The molecule has 3 nitrogen and oxygen atoms in total. The highest BCUT2D eigenvalue weighted by molar-refractivity contribution is 5.89. The van der Waals surface area contributed by atoms with E-state index in [-0.39, 0.29) is 11.8 Å². The molecule has 29 heavy (non-hydrogen) atoms. The van der Waals surface area contributed by atoms with Crippen molar-refractivity contribution >= 4 is 5.91 Å². The van der Waals surface area contributed by atoms with Crippen molar-refractivity contribution < 1.29 is 4.79 Å². The van der Waals surface area contributed by atoms with Crippen LogP contribution in [0.4, 0.5) is 0 Å². The van der Waals surface area contributed by atoms with Crippen LogP contribution < -0.4 is 0 Å². The van der Waals surface area contributed by atoms with E-state index in [1.807, 2.05) is 55.5 Å². The quantitative estimate of drug-likeness (QED) is 0.504. The smallest absolute Gasteiger partial charge is 0.254 e. The molecule has 1 aliphatic rings. The van der Waals surface area contributed by atoms with E-state index >= 15 is 0 Å². The highest BCUT2D eigenvalue weighted by Crippen LogP contribution is 2.46. The second-order valence-corrected chi connectivity index (χ2v) is 8.72. The number of hydrogen-bond donors (Lipinski definition) is 0. The fourth-order valence-electron chi connectivity index (χ4n) is 4.67. The molecule has 3 heteroatoms. The molecule has 0 fully saturated rings. The fourth-order valence-corrected chi connectivity index (χ4v) is 4.67. The number of rotatable bonds is 4. The minimum Gasteiger partial charge on any atom is -0.272 e. The van der Waals surface area contributed by atoms with Crippen LogP contribution in [-0.4, -0.2) is 15.7 Å². The summed E-state index contributed by atoms with van der Waals surface area (Å²) >= 11 is 0. The van der Waals surface area contributed by atoms with Crippen LogP contribution in [0.3, 0.4) is 0 Å². The molecular weight excluding hydrogens is 356 g/mol. The number of benzene rings is 2. The predicted molar refractivity (Wildman–Crippen MR) is 118 cm³/mol. The molecular formula is C26H30N2O. The molecule has 150 valence electrons. The Morgan fingerprint density at radius 3 is 2.21 bits per heavy atom. The van der Waals surface area contributed by atoms with Crippen molar-refractivity contribution in [2.24, 2.45) is 5.92 Å². The maximum absolute atomic E-state index is 13.6. The van der Waals surface area contributed by atoms with Gasteiger partial charge in [0.15, 0.2) is 0 Å². The Balaban J connectivity index is 1.89. The molecule has 0 radical (unpaired) electrons. The van der Waals surface area contributed by atoms with Gasteiger partial charge in [0.2, 0.25) is 0 Å². The van der Waals surface area contributed by atoms with Crippen molar-refractivity contribution in [2.75, 3.05) is 0 Å². The van der Waals surface area contributed by atoms with Crippen molar-refractivity contribution in [3.8, 4) is 11.3 Å². The Morgan fingerprint density at radius 1 is 0.966 bits per heavy atom. The lowest BCUT2D eigenvalue weighted by molar-refractivity contribution is 0.0869. The molecule has 0 bridgehead atoms. The molecule has 1 heterocycles. The highest BCUT2D eigenvalue weighted by atomic mass is 16.2. The summed E-state index contributed by atoms with van der Waals surface area (Å²) in [5.41, 5.74) is 5.50. The standard InChI is InChI=1S/C26H30N2O/c1-17(2)22-16-15-18(3)23-24(22)27-28(25(23)21-13-9-6-10-14-21)26(29)19(4)20-11-7-5-8-12-20/h5-14,17-19,22H,15-16H2,1-4H3/t18-,19-,22-/m1/s1. The molecule has 4 rings (SSSR count). The van der Waals surface area contributed by atoms with Gasteiger partial charge in [-0.1, -0.05) is 81.4 Å². The first-order chi connectivity index (χ1) is 14.0. The third-order valence-corrected chi connectivity index (χ3v) is 6.44. The third kappa shape index (κ3) is 3.55.